The SMILES string of the molecule is ClC[Si](CCl)(O[Si](c1ccccc1)(c1ccccc1)c1ccccc1)c1ccccc1. The first-order valence-corrected chi connectivity index (χ1v) is 15.6. The van der Waals surface area contributed by atoms with E-state index in [9.17, 15) is 0 Å². The minimum atomic E-state index is -2.89. The molecule has 4 rings (SSSR count). The third-order valence-corrected chi connectivity index (χ3v) is 16.7. The summed E-state index contributed by atoms with van der Waals surface area (Å²) in [5, 5.41) is 4.70. The molecule has 0 heterocycles. The Kier molecular flexibility index (Phi) is 7.11. The van der Waals surface area contributed by atoms with Crippen LogP contribution in [0.2, 0.25) is 0 Å². The molecule has 0 aliphatic heterocycles. The van der Waals surface area contributed by atoms with Gasteiger partial charge >= 0.3 is 0 Å². The molecular weight excluding hydrogens is 455 g/mol. The summed E-state index contributed by atoms with van der Waals surface area (Å²) in [4.78, 5) is 0. The van der Waals surface area contributed by atoms with Crippen LogP contribution in [0.3, 0.4) is 0 Å². The fraction of sp³-hybridized carbons (Fsp3) is 0.0769. The average molecular weight is 480 g/mol. The lowest BCUT2D eigenvalue weighted by Gasteiger charge is -2.41. The van der Waals surface area contributed by atoms with Crippen LogP contribution in [-0.4, -0.2) is 27.6 Å². The van der Waals surface area contributed by atoms with E-state index in [0.717, 1.165) is 5.19 Å². The molecule has 0 unspecified atom stereocenters. The Morgan fingerprint density at radius 2 is 0.742 bits per heavy atom. The van der Waals surface area contributed by atoms with Gasteiger partial charge in [0.05, 0.1) is 0 Å². The van der Waals surface area contributed by atoms with Gasteiger partial charge in [-0.2, -0.15) is 0 Å². The Hall–Kier alpha value is -2.15. The van der Waals surface area contributed by atoms with Gasteiger partial charge in [0.25, 0.3) is 8.32 Å². The number of rotatable bonds is 8. The van der Waals surface area contributed by atoms with Crippen LogP contribution >= 0.6 is 23.2 Å². The van der Waals surface area contributed by atoms with Crippen molar-refractivity contribution in [2.45, 2.75) is 0 Å². The van der Waals surface area contributed by atoms with Crippen molar-refractivity contribution in [2.24, 2.45) is 0 Å². The van der Waals surface area contributed by atoms with E-state index < -0.39 is 16.6 Å². The highest BCUT2D eigenvalue weighted by molar-refractivity contribution is 7.13. The third kappa shape index (κ3) is 4.29. The molecule has 0 fully saturated rings. The maximum absolute atomic E-state index is 7.48. The summed E-state index contributed by atoms with van der Waals surface area (Å²) in [7, 11) is -5.60. The van der Waals surface area contributed by atoms with E-state index in [1.54, 1.807) is 0 Å². The maximum atomic E-state index is 7.48. The van der Waals surface area contributed by atoms with Crippen LogP contribution in [-0.2, 0) is 4.12 Å². The van der Waals surface area contributed by atoms with Crippen LogP contribution in [0, 0.1) is 0 Å². The van der Waals surface area contributed by atoms with Gasteiger partial charge in [0.1, 0.15) is 0 Å². The van der Waals surface area contributed by atoms with Gasteiger partial charge in [-0.25, -0.2) is 0 Å². The topological polar surface area (TPSA) is 9.23 Å². The molecule has 0 N–H and O–H groups in total. The van der Waals surface area contributed by atoms with Crippen LogP contribution in [0.15, 0.2) is 121 Å². The number of hydrogen-bond donors (Lipinski definition) is 0. The molecule has 31 heavy (non-hydrogen) atoms. The van der Waals surface area contributed by atoms with Crippen LogP contribution in [0.4, 0.5) is 0 Å². The van der Waals surface area contributed by atoms with Crippen LogP contribution in [0.5, 0.6) is 0 Å². The smallest absolute Gasteiger partial charge is 0.278 e. The quantitative estimate of drug-likeness (QED) is 0.210. The highest BCUT2D eigenvalue weighted by Gasteiger charge is 2.50. The number of halogens is 2. The second-order valence-corrected chi connectivity index (χ2v) is 16.1. The van der Waals surface area contributed by atoms with E-state index in [4.69, 9.17) is 27.3 Å². The fourth-order valence-corrected chi connectivity index (χ4v) is 15.6. The summed E-state index contributed by atoms with van der Waals surface area (Å²) in [5.41, 5.74) is 0.781. The van der Waals surface area contributed by atoms with Gasteiger partial charge < -0.3 is 4.12 Å². The molecule has 0 saturated carbocycles. The molecule has 0 aromatic heterocycles. The van der Waals surface area contributed by atoms with Gasteiger partial charge in [-0.15, -0.1) is 23.2 Å². The van der Waals surface area contributed by atoms with Crippen molar-refractivity contribution in [3.8, 4) is 0 Å². The molecule has 0 amide bonds. The molecule has 4 aromatic carbocycles. The van der Waals surface area contributed by atoms with Crippen LogP contribution in [0.1, 0.15) is 0 Å². The number of hydrogen-bond acceptors (Lipinski definition) is 1. The van der Waals surface area contributed by atoms with Crippen molar-refractivity contribution >= 4 is 60.6 Å². The molecule has 4 aromatic rings. The summed E-state index contributed by atoms with van der Waals surface area (Å²) in [6.07, 6.45) is 0. The zero-order valence-electron chi connectivity index (χ0n) is 17.1. The Bertz CT molecular complexity index is 977. The minimum Gasteiger partial charge on any atom is -0.440 e. The van der Waals surface area contributed by atoms with E-state index in [0.29, 0.717) is 11.0 Å². The van der Waals surface area contributed by atoms with E-state index in [-0.39, 0.29) is 0 Å². The highest BCUT2D eigenvalue weighted by Crippen LogP contribution is 2.20. The van der Waals surface area contributed by atoms with E-state index in [1.165, 1.54) is 15.6 Å². The first kappa shape index (κ1) is 22.1. The molecule has 5 heteroatoms. The number of alkyl halides is 2. The van der Waals surface area contributed by atoms with Gasteiger partial charge in [-0.05, 0) is 20.7 Å². The Labute approximate surface area is 196 Å². The summed E-state index contributed by atoms with van der Waals surface area (Å²) in [5.74, 6) is 0. The maximum Gasteiger partial charge on any atom is 0.278 e. The van der Waals surface area contributed by atoms with E-state index in [2.05, 4.69) is 84.9 Å². The molecule has 0 saturated heterocycles. The van der Waals surface area contributed by atoms with E-state index in [1.807, 2.05) is 36.4 Å². The summed E-state index contributed by atoms with van der Waals surface area (Å²) in [6, 6.07) is 42.0. The van der Waals surface area contributed by atoms with Crippen molar-refractivity contribution in [3.63, 3.8) is 0 Å². The van der Waals surface area contributed by atoms with Gasteiger partial charge in [-0.3, -0.25) is 0 Å². The summed E-state index contributed by atoms with van der Waals surface area (Å²) in [6.45, 7) is 0. The predicted octanol–water partition coefficient (Wildman–Crippen LogP) is 4.08. The van der Waals surface area contributed by atoms with Crippen LogP contribution in [0.25, 0.3) is 0 Å². The molecule has 0 atom stereocenters. The van der Waals surface area contributed by atoms with E-state index >= 15 is 0 Å². The standard InChI is InChI=1S/C26H24Cl2OSi2/c27-21-30(22-28,23-13-5-1-6-14-23)29-31(24-15-7-2-8-16-24,25-17-9-3-10-18-25)26-19-11-4-12-20-26/h1-20H,21-22H2. The Balaban J connectivity index is 2.02. The monoisotopic (exact) mass is 478 g/mol. The lowest BCUT2D eigenvalue weighted by Crippen LogP contribution is -2.76. The third-order valence-electron chi connectivity index (χ3n) is 5.62. The second kappa shape index (κ2) is 9.98. The first-order chi connectivity index (χ1) is 15.2. The molecule has 0 spiro atoms. The highest BCUT2D eigenvalue weighted by atomic mass is 35.5. The zero-order valence-corrected chi connectivity index (χ0v) is 20.6. The van der Waals surface area contributed by atoms with Gasteiger partial charge in [0.15, 0.2) is 0 Å². The van der Waals surface area contributed by atoms with Gasteiger partial charge in [-0.1, -0.05) is 121 Å². The largest absolute Gasteiger partial charge is 0.440 e. The summed E-state index contributed by atoms with van der Waals surface area (Å²) >= 11 is 13.4. The Morgan fingerprint density at radius 3 is 1.03 bits per heavy atom. The lowest BCUT2D eigenvalue weighted by molar-refractivity contribution is 0.583. The normalized spacial score (nSPS) is 11.9. The zero-order chi connectivity index (χ0) is 21.6. The molecule has 0 radical (unpaired) electrons. The van der Waals surface area contributed by atoms with Crippen molar-refractivity contribution in [1.29, 1.82) is 0 Å². The van der Waals surface area contributed by atoms with Gasteiger partial charge in [0.2, 0.25) is 8.32 Å². The Morgan fingerprint density at radius 1 is 0.452 bits per heavy atom. The average Bonchev–Trinajstić information content (AvgIpc) is 2.87. The number of benzene rings is 4. The second-order valence-electron chi connectivity index (χ2n) is 7.51. The van der Waals surface area contributed by atoms with Gasteiger partial charge in [0, 0.05) is 11.0 Å². The first-order valence-electron chi connectivity index (χ1n) is 10.3. The minimum absolute atomic E-state index is 0.391. The van der Waals surface area contributed by atoms with Crippen LogP contribution < -0.4 is 20.7 Å². The van der Waals surface area contributed by atoms with Crippen molar-refractivity contribution in [3.05, 3.63) is 121 Å². The molecule has 1 nitrogen and oxygen atoms in total. The predicted molar refractivity (Wildman–Crippen MR) is 138 cm³/mol. The fourth-order valence-electron chi connectivity index (χ4n) is 4.03. The molecule has 0 aliphatic rings. The van der Waals surface area contributed by atoms with Crippen molar-refractivity contribution in [2.75, 3.05) is 11.0 Å². The molecule has 156 valence electrons. The molecule has 0 aliphatic carbocycles. The molecular formula is C26H24Cl2OSi2. The van der Waals surface area contributed by atoms with Crippen molar-refractivity contribution in [1.82, 2.24) is 0 Å². The summed E-state index contributed by atoms with van der Waals surface area (Å²) < 4.78 is 7.48. The lowest BCUT2D eigenvalue weighted by atomic mass is 10.3. The van der Waals surface area contributed by atoms with Crippen molar-refractivity contribution < 1.29 is 4.12 Å². The molecule has 0 bridgehead atoms.